The molecule has 0 aromatic carbocycles. The summed E-state index contributed by atoms with van der Waals surface area (Å²) in [5, 5.41) is 0. The number of ether oxygens (including phenoxy) is 1. The first-order valence-corrected chi connectivity index (χ1v) is 3.40. The minimum atomic E-state index is 0.290. The van der Waals surface area contributed by atoms with Crippen molar-refractivity contribution in [3.63, 3.8) is 0 Å². The Morgan fingerprint density at radius 1 is 1.70 bits per heavy atom. The molecule has 1 saturated carbocycles. The third-order valence-corrected chi connectivity index (χ3v) is 1.75. The van der Waals surface area contributed by atoms with E-state index in [-0.39, 0.29) is 5.92 Å². The number of ketones is 1. The average Bonchev–Trinajstić information content (AvgIpc) is 2.31. The van der Waals surface area contributed by atoms with Crippen molar-refractivity contribution in [2.75, 3.05) is 6.61 Å². The maximum absolute atomic E-state index is 10.7. The van der Waals surface area contributed by atoms with Crippen LogP contribution in [0.25, 0.3) is 0 Å². The summed E-state index contributed by atoms with van der Waals surface area (Å²) in [4.78, 5) is 20.4. The minimum absolute atomic E-state index is 0.290. The van der Waals surface area contributed by atoms with E-state index < -0.39 is 0 Å². The molecule has 0 aromatic rings. The van der Waals surface area contributed by atoms with Crippen LogP contribution >= 0.6 is 0 Å². The number of carbonyl (C=O) groups is 2. The predicted molar refractivity (Wildman–Crippen MR) is 34.4 cm³/mol. The summed E-state index contributed by atoms with van der Waals surface area (Å²) < 4.78 is 4.53. The molecular formula is C7H10O3. The summed E-state index contributed by atoms with van der Waals surface area (Å²) in [6.45, 7) is 0.845. The van der Waals surface area contributed by atoms with Crippen LogP contribution in [0, 0.1) is 5.92 Å². The van der Waals surface area contributed by atoms with Crippen molar-refractivity contribution in [1.82, 2.24) is 0 Å². The number of rotatable bonds is 3. The topological polar surface area (TPSA) is 43.4 Å². The predicted octanol–water partition coefficient (Wildman–Crippen LogP) is 0.529. The number of hydrogen-bond acceptors (Lipinski definition) is 3. The molecule has 1 aliphatic rings. The maximum atomic E-state index is 10.7. The van der Waals surface area contributed by atoms with Gasteiger partial charge in [0.05, 0.1) is 6.61 Å². The molecule has 3 nitrogen and oxygen atoms in total. The number of Topliss-reactive ketones (excluding diaryl/α,β-unsaturated/α-hetero) is 1. The highest BCUT2D eigenvalue weighted by Gasteiger charge is 2.21. The molecule has 10 heavy (non-hydrogen) atoms. The van der Waals surface area contributed by atoms with Crippen LogP contribution in [0.4, 0.5) is 0 Å². The van der Waals surface area contributed by atoms with Crippen molar-refractivity contribution in [2.45, 2.75) is 19.3 Å². The summed E-state index contributed by atoms with van der Waals surface area (Å²) >= 11 is 0. The largest absolute Gasteiger partial charge is 0.468 e. The van der Waals surface area contributed by atoms with Crippen LogP contribution < -0.4 is 0 Å². The first-order chi connectivity index (χ1) is 4.83. The normalized spacial score (nSPS) is 24.8. The van der Waals surface area contributed by atoms with Crippen LogP contribution in [0.2, 0.25) is 0 Å². The van der Waals surface area contributed by atoms with E-state index in [1.165, 1.54) is 0 Å². The Morgan fingerprint density at radius 3 is 3.00 bits per heavy atom. The van der Waals surface area contributed by atoms with E-state index in [9.17, 15) is 9.59 Å². The fraction of sp³-hybridized carbons (Fsp3) is 0.714. The van der Waals surface area contributed by atoms with Gasteiger partial charge >= 0.3 is 0 Å². The molecule has 0 radical (unpaired) electrons. The molecule has 0 aromatic heterocycles. The summed E-state index contributed by atoms with van der Waals surface area (Å²) in [5.74, 6) is 0.581. The average molecular weight is 142 g/mol. The number of hydrogen-bond donors (Lipinski definition) is 0. The lowest BCUT2D eigenvalue weighted by molar-refractivity contribution is -0.130. The molecule has 0 bridgehead atoms. The maximum Gasteiger partial charge on any atom is 0.293 e. The highest BCUT2D eigenvalue weighted by atomic mass is 16.5. The van der Waals surface area contributed by atoms with Gasteiger partial charge in [-0.25, -0.2) is 0 Å². The molecule has 0 spiro atoms. The minimum Gasteiger partial charge on any atom is -0.468 e. The lowest BCUT2D eigenvalue weighted by Crippen LogP contribution is -2.04. The monoisotopic (exact) mass is 142 g/mol. The van der Waals surface area contributed by atoms with Gasteiger partial charge in [0.1, 0.15) is 5.78 Å². The smallest absolute Gasteiger partial charge is 0.293 e. The fourth-order valence-electron chi connectivity index (χ4n) is 1.21. The second kappa shape index (κ2) is 3.34. The molecule has 0 N–H and O–H groups in total. The van der Waals surface area contributed by atoms with Crippen LogP contribution in [0.5, 0.6) is 0 Å². The lowest BCUT2D eigenvalue weighted by atomic mass is 10.1. The van der Waals surface area contributed by atoms with Gasteiger partial charge < -0.3 is 4.74 Å². The molecule has 0 aliphatic heterocycles. The molecule has 1 aliphatic carbocycles. The number of carbonyl (C=O) groups excluding carboxylic acids is 2. The van der Waals surface area contributed by atoms with E-state index in [1.54, 1.807) is 0 Å². The van der Waals surface area contributed by atoms with Gasteiger partial charge in [0.15, 0.2) is 0 Å². The molecule has 0 amide bonds. The van der Waals surface area contributed by atoms with Crippen molar-refractivity contribution >= 4 is 12.3 Å². The van der Waals surface area contributed by atoms with Crippen molar-refractivity contribution in [3.05, 3.63) is 0 Å². The second-order valence-electron chi connectivity index (χ2n) is 2.58. The van der Waals surface area contributed by atoms with E-state index in [0.29, 0.717) is 31.7 Å². The van der Waals surface area contributed by atoms with E-state index in [2.05, 4.69) is 4.74 Å². The SMILES string of the molecule is O=COCC1CCC(=O)C1. The van der Waals surface area contributed by atoms with Crippen LogP contribution in [0.3, 0.4) is 0 Å². The van der Waals surface area contributed by atoms with Gasteiger partial charge in [-0.05, 0) is 6.42 Å². The Bertz CT molecular complexity index is 142. The Hall–Kier alpha value is -0.860. The van der Waals surface area contributed by atoms with Gasteiger partial charge in [-0.1, -0.05) is 0 Å². The third kappa shape index (κ3) is 1.83. The zero-order chi connectivity index (χ0) is 7.40. The van der Waals surface area contributed by atoms with Gasteiger partial charge in [0, 0.05) is 18.8 Å². The van der Waals surface area contributed by atoms with Gasteiger partial charge in [-0.15, -0.1) is 0 Å². The molecule has 3 heteroatoms. The highest BCUT2D eigenvalue weighted by molar-refractivity contribution is 5.80. The molecule has 0 saturated heterocycles. The Kier molecular flexibility index (Phi) is 2.42. The molecule has 1 atom stereocenters. The summed E-state index contributed by atoms with van der Waals surface area (Å²) in [6.07, 6.45) is 2.13. The zero-order valence-corrected chi connectivity index (χ0v) is 5.71. The standard InChI is InChI=1S/C7H10O3/c8-5-10-4-6-1-2-7(9)3-6/h5-6H,1-4H2. The Balaban J connectivity index is 2.18. The van der Waals surface area contributed by atoms with Crippen LogP contribution in [-0.4, -0.2) is 18.9 Å². The molecule has 56 valence electrons. The van der Waals surface area contributed by atoms with E-state index in [1.807, 2.05) is 0 Å². The fourth-order valence-corrected chi connectivity index (χ4v) is 1.21. The molecule has 1 fully saturated rings. The van der Waals surface area contributed by atoms with E-state index in [4.69, 9.17) is 0 Å². The Labute approximate surface area is 59.4 Å². The highest BCUT2D eigenvalue weighted by Crippen LogP contribution is 2.21. The first-order valence-electron chi connectivity index (χ1n) is 3.40. The third-order valence-electron chi connectivity index (χ3n) is 1.75. The van der Waals surface area contributed by atoms with Gasteiger partial charge in [0.25, 0.3) is 6.47 Å². The quantitative estimate of drug-likeness (QED) is 0.540. The molecular weight excluding hydrogens is 132 g/mol. The molecule has 1 unspecified atom stereocenters. The van der Waals surface area contributed by atoms with Crippen molar-refractivity contribution in [1.29, 1.82) is 0 Å². The van der Waals surface area contributed by atoms with E-state index in [0.717, 1.165) is 6.42 Å². The second-order valence-corrected chi connectivity index (χ2v) is 2.58. The van der Waals surface area contributed by atoms with Crippen LogP contribution in [0.15, 0.2) is 0 Å². The van der Waals surface area contributed by atoms with Crippen molar-refractivity contribution in [2.24, 2.45) is 5.92 Å². The molecule has 1 rings (SSSR count). The van der Waals surface area contributed by atoms with Crippen molar-refractivity contribution < 1.29 is 14.3 Å². The van der Waals surface area contributed by atoms with Crippen LogP contribution in [-0.2, 0) is 14.3 Å². The Morgan fingerprint density at radius 2 is 2.50 bits per heavy atom. The summed E-state index contributed by atoms with van der Waals surface area (Å²) in [6, 6.07) is 0. The molecule has 0 heterocycles. The van der Waals surface area contributed by atoms with Crippen molar-refractivity contribution in [3.8, 4) is 0 Å². The summed E-state index contributed by atoms with van der Waals surface area (Å²) in [7, 11) is 0. The van der Waals surface area contributed by atoms with Gasteiger partial charge in [0.2, 0.25) is 0 Å². The van der Waals surface area contributed by atoms with Gasteiger partial charge in [-0.2, -0.15) is 0 Å². The van der Waals surface area contributed by atoms with Crippen LogP contribution in [0.1, 0.15) is 19.3 Å². The lowest BCUT2D eigenvalue weighted by Gasteiger charge is -2.03. The van der Waals surface area contributed by atoms with E-state index >= 15 is 0 Å². The van der Waals surface area contributed by atoms with Gasteiger partial charge in [-0.3, -0.25) is 9.59 Å². The zero-order valence-electron chi connectivity index (χ0n) is 5.71. The first kappa shape index (κ1) is 7.25. The summed E-state index contributed by atoms with van der Waals surface area (Å²) in [5.41, 5.74) is 0.